The van der Waals surface area contributed by atoms with Crippen molar-refractivity contribution in [2.75, 3.05) is 26.3 Å². The molecule has 1 saturated heterocycles. The molecule has 0 amide bonds. The Morgan fingerprint density at radius 1 is 1.23 bits per heavy atom. The van der Waals surface area contributed by atoms with Gasteiger partial charge in [0.15, 0.2) is 5.96 Å². The van der Waals surface area contributed by atoms with E-state index < -0.39 is 0 Å². The molecule has 1 unspecified atom stereocenters. The van der Waals surface area contributed by atoms with Crippen molar-refractivity contribution in [1.29, 1.82) is 0 Å². The summed E-state index contributed by atoms with van der Waals surface area (Å²) in [6.07, 6.45) is 3.61. The van der Waals surface area contributed by atoms with Crippen molar-refractivity contribution in [3.05, 3.63) is 53.5 Å². The first-order valence-electron chi connectivity index (χ1n) is 10.8. The normalized spacial score (nSPS) is 17.2. The molecule has 2 aromatic rings. The van der Waals surface area contributed by atoms with Crippen LogP contribution in [-0.4, -0.2) is 37.9 Å². The fourth-order valence-corrected chi connectivity index (χ4v) is 3.30. The topological polar surface area (TPSA) is 68.0 Å². The molecular weight excluding hydrogens is 378 g/mol. The molecule has 2 N–H and O–H groups in total. The molecule has 0 saturated carbocycles. The number of hydrogen-bond donors (Lipinski definition) is 2. The van der Waals surface area contributed by atoms with Crippen molar-refractivity contribution < 1.29 is 13.9 Å². The van der Waals surface area contributed by atoms with Crippen molar-refractivity contribution in [3.8, 4) is 5.75 Å². The van der Waals surface area contributed by atoms with Crippen LogP contribution in [0.15, 0.2) is 46.0 Å². The van der Waals surface area contributed by atoms with Crippen molar-refractivity contribution in [2.24, 2.45) is 10.9 Å². The van der Waals surface area contributed by atoms with Crippen LogP contribution in [0.3, 0.4) is 0 Å². The lowest BCUT2D eigenvalue weighted by Gasteiger charge is -2.23. The first-order chi connectivity index (χ1) is 14.4. The maximum absolute atomic E-state index is 6.18. The zero-order chi connectivity index (χ0) is 21.4. The van der Waals surface area contributed by atoms with E-state index in [1.807, 2.05) is 12.1 Å². The van der Waals surface area contributed by atoms with E-state index in [0.29, 0.717) is 12.5 Å². The van der Waals surface area contributed by atoms with Gasteiger partial charge >= 0.3 is 0 Å². The Bertz CT molecular complexity index is 804. The average Bonchev–Trinajstić information content (AvgIpc) is 3.37. The van der Waals surface area contributed by atoms with E-state index in [1.54, 1.807) is 6.26 Å². The standard InChI is InChI=1S/C24H35N3O3/c1-18-7-8-20(22(14-18)30-24(2,3)4)16-27-23(26-15-19-10-13-28-17-19)25-11-9-21-6-5-12-29-21/h5-8,12,14,19H,9-11,13,15-17H2,1-4H3,(H2,25,26,27). The molecule has 0 bridgehead atoms. The molecule has 3 rings (SSSR count). The second kappa shape index (κ2) is 10.5. The maximum atomic E-state index is 6.18. The predicted molar refractivity (Wildman–Crippen MR) is 120 cm³/mol. The largest absolute Gasteiger partial charge is 0.488 e. The summed E-state index contributed by atoms with van der Waals surface area (Å²) in [5, 5.41) is 6.91. The highest BCUT2D eigenvalue weighted by Gasteiger charge is 2.17. The molecule has 1 atom stereocenters. The van der Waals surface area contributed by atoms with E-state index in [9.17, 15) is 0 Å². The van der Waals surface area contributed by atoms with E-state index in [-0.39, 0.29) is 5.60 Å². The minimum atomic E-state index is -0.253. The smallest absolute Gasteiger partial charge is 0.191 e. The third-order valence-corrected chi connectivity index (χ3v) is 4.87. The Balaban J connectivity index is 1.66. The summed E-state index contributed by atoms with van der Waals surface area (Å²) in [4.78, 5) is 4.84. The van der Waals surface area contributed by atoms with Gasteiger partial charge in [0, 0.05) is 37.6 Å². The van der Waals surface area contributed by atoms with Gasteiger partial charge in [-0.1, -0.05) is 12.1 Å². The summed E-state index contributed by atoms with van der Waals surface area (Å²) >= 11 is 0. The van der Waals surface area contributed by atoms with Gasteiger partial charge in [0.25, 0.3) is 0 Å². The minimum absolute atomic E-state index is 0.253. The third-order valence-electron chi connectivity index (χ3n) is 4.87. The van der Waals surface area contributed by atoms with Crippen LogP contribution in [-0.2, 0) is 17.7 Å². The molecule has 1 aliphatic heterocycles. The molecule has 6 nitrogen and oxygen atoms in total. The Kier molecular flexibility index (Phi) is 7.80. The van der Waals surface area contributed by atoms with Crippen LogP contribution in [0.2, 0.25) is 0 Å². The van der Waals surface area contributed by atoms with Crippen LogP contribution in [0.5, 0.6) is 5.75 Å². The molecule has 164 valence electrons. The summed E-state index contributed by atoms with van der Waals surface area (Å²) < 4.78 is 17.1. The van der Waals surface area contributed by atoms with Crippen LogP contribution in [0.1, 0.15) is 44.1 Å². The van der Waals surface area contributed by atoms with Gasteiger partial charge in [0.05, 0.1) is 19.4 Å². The number of furan rings is 1. The SMILES string of the molecule is Cc1ccc(CN=C(NCCc2ccco2)NCC2CCOC2)c(OC(C)(C)C)c1. The number of aryl methyl sites for hydroxylation is 1. The molecule has 6 heteroatoms. The monoisotopic (exact) mass is 413 g/mol. The molecule has 1 aliphatic rings. The first kappa shape index (κ1) is 22.2. The first-order valence-corrected chi connectivity index (χ1v) is 10.8. The molecule has 30 heavy (non-hydrogen) atoms. The minimum Gasteiger partial charge on any atom is -0.488 e. The molecule has 0 aliphatic carbocycles. The van der Waals surface area contributed by atoms with Gasteiger partial charge in [0.1, 0.15) is 17.1 Å². The number of guanidine groups is 1. The number of rotatable bonds is 8. The number of ether oxygens (including phenoxy) is 2. The van der Waals surface area contributed by atoms with Crippen molar-refractivity contribution >= 4 is 5.96 Å². The van der Waals surface area contributed by atoms with Gasteiger partial charge < -0.3 is 24.5 Å². The van der Waals surface area contributed by atoms with E-state index in [0.717, 1.165) is 62.2 Å². The van der Waals surface area contributed by atoms with Gasteiger partial charge in [-0.05, 0) is 57.9 Å². The van der Waals surface area contributed by atoms with Gasteiger partial charge in [-0.25, -0.2) is 4.99 Å². The number of aliphatic imine (C=N–C) groups is 1. The maximum Gasteiger partial charge on any atom is 0.191 e. The Morgan fingerprint density at radius 3 is 2.80 bits per heavy atom. The molecule has 1 aromatic heterocycles. The quantitative estimate of drug-likeness (QED) is 0.504. The van der Waals surface area contributed by atoms with Crippen LogP contribution in [0, 0.1) is 12.8 Å². The molecule has 2 heterocycles. The van der Waals surface area contributed by atoms with Crippen LogP contribution < -0.4 is 15.4 Å². The second-order valence-electron chi connectivity index (χ2n) is 8.86. The average molecular weight is 414 g/mol. The number of nitrogens with one attached hydrogen (secondary N) is 2. The lowest BCUT2D eigenvalue weighted by atomic mass is 10.1. The number of nitrogens with zero attached hydrogens (tertiary/aromatic N) is 1. The molecule has 0 radical (unpaired) electrons. The highest BCUT2D eigenvalue weighted by Crippen LogP contribution is 2.25. The van der Waals surface area contributed by atoms with Gasteiger partial charge in [-0.2, -0.15) is 0 Å². The van der Waals surface area contributed by atoms with Gasteiger partial charge in [-0.15, -0.1) is 0 Å². The van der Waals surface area contributed by atoms with Crippen molar-refractivity contribution in [3.63, 3.8) is 0 Å². The number of benzene rings is 1. The molecule has 1 fully saturated rings. The van der Waals surface area contributed by atoms with E-state index in [1.165, 1.54) is 5.56 Å². The molecule has 0 spiro atoms. The number of hydrogen-bond acceptors (Lipinski definition) is 4. The van der Waals surface area contributed by atoms with Crippen molar-refractivity contribution in [1.82, 2.24) is 10.6 Å². The van der Waals surface area contributed by atoms with Crippen molar-refractivity contribution in [2.45, 2.75) is 52.7 Å². The van der Waals surface area contributed by atoms with Crippen LogP contribution >= 0.6 is 0 Å². The summed E-state index contributed by atoms with van der Waals surface area (Å²) in [5.74, 6) is 3.19. The molecular formula is C24H35N3O3. The van der Waals surface area contributed by atoms with Gasteiger partial charge in [-0.3, -0.25) is 0 Å². The zero-order valence-corrected chi connectivity index (χ0v) is 18.7. The Labute approximate surface area is 180 Å². The summed E-state index contributed by atoms with van der Waals surface area (Å²) in [6.45, 7) is 12.1. The highest BCUT2D eigenvalue weighted by molar-refractivity contribution is 5.79. The third kappa shape index (κ3) is 7.41. The second-order valence-corrected chi connectivity index (χ2v) is 8.86. The van der Waals surface area contributed by atoms with Crippen LogP contribution in [0.25, 0.3) is 0 Å². The fraction of sp³-hybridized carbons (Fsp3) is 0.542. The lowest BCUT2D eigenvalue weighted by molar-refractivity contribution is 0.129. The Morgan fingerprint density at radius 2 is 2.10 bits per heavy atom. The lowest BCUT2D eigenvalue weighted by Crippen LogP contribution is -2.41. The fourth-order valence-electron chi connectivity index (χ4n) is 3.30. The summed E-state index contributed by atoms with van der Waals surface area (Å²) in [5.41, 5.74) is 2.00. The zero-order valence-electron chi connectivity index (χ0n) is 18.7. The Hall–Kier alpha value is -2.47. The van der Waals surface area contributed by atoms with E-state index in [2.05, 4.69) is 56.5 Å². The predicted octanol–water partition coefficient (Wildman–Crippen LogP) is 4.08. The van der Waals surface area contributed by atoms with Crippen LogP contribution in [0.4, 0.5) is 0 Å². The van der Waals surface area contributed by atoms with Gasteiger partial charge in [0.2, 0.25) is 0 Å². The molecule has 1 aromatic carbocycles. The highest BCUT2D eigenvalue weighted by atomic mass is 16.5. The summed E-state index contributed by atoms with van der Waals surface area (Å²) in [6, 6.07) is 10.2. The summed E-state index contributed by atoms with van der Waals surface area (Å²) in [7, 11) is 0. The van der Waals surface area contributed by atoms with E-state index in [4.69, 9.17) is 18.9 Å². The van der Waals surface area contributed by atoms with E-state index >= 15 is 0 Å².